The van der Waals surface area contributed by atoms with Gasteiger partial charge in [0, 0.05) is 32.2 Å². The molecule has 1 aromatic rings. The van der Waals surface area contributed by atoms with E-state index in [1.54, 1.807) is 4.90 Å². The maximum atomic E-state index is 13.3. The van der Waals surface area contributed by atoms with Gasteiger partial charge in [-0.3, -0.25) is 0 Å². The van der Waals surface area contributed by atoms with Crippen LogP contribution in [0.25, 0.3) is 0 Å². The largest absolute Gasteiger partial charge is 0.489 e. The van der Waals surface area contributed by atoms with E-state index in [1.807, 2.05) is 0 Å². The number of nitrogens with zero attached hydrogens (tertiary/aromatic N) is 2. The number of nitrogens with one attached hydrogen (secondary N) is 1. The second-order valence-electron chi connectivity index (χ2n) is 5.08. The predicted molar refractivity (Wildman–Crippen MR) is 78.9 cm³/mol. The van der Waals surface area contributed by atoms with Gasteiger partial charge in [0.05, 0.1) is 6.54 Å². The van der Waals surface area contributed by atoms with E-state index < -0.39 is 11.6 Å². The van der Waals surface area contributed by atoms with Crippen molar-refractivity contribution in [2.24, 2.45) is 0 Å². The maximum Gasteiger partial charge on any atom is 0.317 e. The summed E-state index contributed by atoms with van der Waals surface area (Å²) in [4.78, 5) is 16.0. The van der Waals surface area contributed by atoms with Crippen LogP contribution in [-0.4, -0.2) is 61.7 Å². The Morgan fingerprint density at radius 2 is 2.00 bits per heavy atom. The molecule has 1 N–H and O–H groups in total. The number of halogens is 2. The first-order valence-electron chi connectivity index (χ1n) is 7.43. The number of hydrogen-bond donors (Lipinski definition) is 1. The summed E-state index contributed by atoms with van der Waals surface area (Å²) in [6.07, 6.45) is 0. The lowest BCUT2D eigenvalue weighted by molar-refractivity contribution is 0.142. The average Bonchev–Trinajstić information content (AvgIpc) is 2.53. The molecule has 1 heterocycles. The minimum atomic E-state index is -0.748. The van der Waals surface area contributed by atoms with Gasteiger partial charge in [-0.15, -0.1) is 0 Å². The van der Waals surface area contributed by atoms with E-state index in [0.29, 0.717) is 13.1 Å². The van der Waals surface area contributed by atoms with Crippen molar-refractivity contribution < 1.29 is 18.3 Å². The van der Waals surface area contributed by atoms with Crippen LogP contribution in [0.1, 0.15) is 6.92 Å². The molecule has 5 nitrogen and oxygen atoms in total. The Labute approximate surface area is 128 Å². The third-order valence-corrected chi connectivity index (χ3v) is 3.64. The zero-order valence-corrected chi connectivity index (χ0v) is 12.6. The maximum absolute atomic E-state index is 13.3. The van der Waals surface area contributed by atoms with Gasteiger partial charge in [-0.1, -0.05) is 6.92 Å². The molecule has 0 aliphatic carbocycles. The van der Waals surface area contributed by atoms with Gasteiger partial charge in [-0.05, 0) is 18.7 Å². The number of carbonyl (C=O) groups is 1. The number of amides is 2. The zero-order valence-electron chi connectivity index (χ0n) is 12.6. The first-order valence-corrected chi connectivity index (χ1v) is 7.43. The molecule has 1 aromatic carbocycles. The molecule has 1 aliphatic heterocycles. The van der Waals surface area contributed by atoms with E-state index in [9.17, 15) is 13.6 Å². The number of rotatable bonds is 5. The summed E-state index contributed by atoms with van der Waals surface area (Å²) in [5, 5.41) is 2.73. The van der Waals surface area contributed by atoms with Gasteiger partial charge in [0.2, 0.25) is 0 Å². The molecule has 2 rings (SSSR count). The van der Waals surface area contributed by atoms with Gasteiger partial charge in [-0.2, -0.15) is 0 Å². The van der Waals surface area contributed by atoms with Crippen LogP contribution in [0.2, 0.25) is 0 Å². The Balaban J connectivity index is 1.67. The topological polar surface area (TPSA) is 44.8 Å². The first-order chi connectivity index (χ1) is 10.6. The van der Waals surface area contributed by atoms with Gasteiger partial charge in [0.15, 0.2) is 11.6 Å². The van der Waals surface area contributed by atoms with Gasteiger partial charge in [0.1, 0.15) is 12.4 Å². The summed E-state index contributed by atoms with van der Waals surface area (Å²) in [7, 11) is 0. The number of ether oxygens (including phenoxy) is 1. The average molecular weight is 313 g/mol. The van der Waals surface area contributed by atoms with Crippen molar-refractivity contribution in [3.05, 3.63) is 29.8 Å². The van der Waals surface area contributed by atoms with Crippen molar-refractivity contribution in [3.8, 4) is 5.75 Å². The molecule has 22 heavy (non-hydrogen) atoms. The number of benzene rings is 1. The van der Waals surface area contributed by atoms with Crippen LogP contribution in [0.4, 0.5) is 13.6 Å². The lowest BCUT2D eigenvalue weighted by Crippen LogP contribution is -2.52. The molecule has 0 unspecified atom stereocenters. The van der Waals surface area contributed by atoms with Crippen molar-refractivity contribution in [2.45, 2.75) is 6.92 Å². The minimum absolute atomic E-state index is 0.0211. The molecule has 0 atom stereocenters. The van der Waals surface area contributed by atoms with Gasteiger partial charge >= 0.3 is 6.03 Å². The second kappa shape index (κ2) is 7.93. The third kappa shape index (κ3) is 4.56. The highest BCUT2D eigenvalue weighted by Gasteiger charge is 2.19. The molecular weight excluding hydrogens is 292 g/mol. The van der Waals surface area contributed by atoms with Crippen LogP contribution in [-0.2, 0) is 0 Å². The fourth-order valence-corrected chi connectivity index (χ4v) is 2.29. The molecule has 122 valence electrons. The van der Waals surface area contributed by atoms with E-state index in [1.165, 1.54) is 6.07 Å². The Kier molecular flexibility index (Phi) is 5.94. The van der Waals surface area contributed by atoms with Crippen LogP contribution in [0.3, 0.4) is 0 Å². The summed E-state index contributed by atoms with van der Waals surface area (Å²) in [6.45, 7) is 6.64. The zero-order chi connectivity index (χ0) is 15.9. The van der Waals surface area contributed by atoms with E-state index >= 15 is 0 Å². The van der Waals surface area contributed by atoms with E-state index in [2.05, 4.69) is 17.1 Å². The lowest BCUT2D eigenvalue weighted by atomic mass is 10.3. The molecule has 0 bridgehead atoms. The van der Waals surface area contributed by atoms with Crippen molar-refractivity contribution in [1.29, 1.82) is 0 Å². The molecule has 2 amide bonds. The Hall–Kier alpha value is -1.89. The quantitative estimate of drug-likeness (QED) is 0.842. The molecule has 7 heteroatoms. The van der Waals surface area contributed by atoms with Gasteiger partial charge in [-0.25, -0.2) is 13.6 Å². The Morgan fingerprint density at radius 3 is 2.64 bits per heavy atom. The fraction of sp³-hybridized carbons (Fsp3) is 0.533. The molecule has 0 saturated carbocycles. The van der Waals surface area contributed by atoms with Crippen LogP contribution < -0.4 is 10.1 Å². The van der Waals surface area contributed by atoms with Crippen LogP contribution in [0, 0.1) is 11.6 Å². The normalized spacial score (nSPS) is 15.7. The van der Waals surface area contributed by atoms with Crippen molar-refractivity contribution in [1.82, 2.24) is 15.1 Å². The summed E-state index contributed by atoms with van der Waals surface area (Å²) < 4.78 is 31.3. The molecule has 0 spiro atoms. The monoisotopic (exact) mass is 313 g/mol. The molecule has 0 aromatic heterocycles. The fourth-order valence-electron chi connectivity index (χ4n) is 2.29. The highest BCUT2D eigenvalue weighted by Crippen LogP contribution is 2.17. The van der Waals surface area contributed by atoms with Crippen LogP contribution >= 0.6 is 0 Å². The molecule has 1 fully saturated rings. The van der Waals surface area contributed by atoms with Crippen molar-refractivity contribution in [3.63, 3.8) is 0 Å². The van der Waals surface area contributed by atoms with Crippen molar-refractivity contribution in [2.75, 3.05) is 45.9 Å². The Bertz CT molecular complexity index is 506. The van der Waals surface area contributed by atoms with Crippen molar-refractivity contribution >= 4 is 6.03 Å². The molecule has 1 saturated heterocycles. The van der Waals surface area contributed by atoms with Crippen LogP contribution in [0.5, 0.6) is 5.75 Å². The number of likely N-dealkylation sites (N-methyl/N-ethyl adjacent to an activating group) is 1. The van der Waals surface area contributed by atoms with E-state index in [-0.39, 0.29) is 24.9 Å². The smallest absolute Gasteiger partial charge is 0.317 e. The number of carbonyl (C=O) groups excluding carboxylic acids is 1. The SMILES string of the molecule is CCN1CCN(C(=O)NCCOc2ccc(F)cc2F)CC1. The highest BCUT2D eigenvalue weighted by molar-refractivity contribution is 5.74. The van der Waals surface area contributed by atoms with E-state index in [0.717, 1.165) is 31.8 Å². The Morgan fingerprint density at radius 1 is 1.27 bits per heavy atom. The number of hydrogen-bond acceptors (Lipinski definition) is 3. The summed E-state index contributed by atoms with van der Waals surface area (Å²) in [5.41, 5.74) is 0. The number of piperazine rings is 1. The lowest BCUT2D eigenvalue weighted by Gasteiger charge is -2.33. The molecular formula is C15H21F2N3O2. The van der Waals surface area contributed by atoms with Crippen LogP contribution in [0.15, 0.2) is 18.2 Å². The van der Waals surface area contributed by atoms with E-state index in [4.69, 9.17) is 4.74 Å². The summed E-state index contributed by atoms with van der Waals surface area (Å²) >= 11 is 0. The number of urea groups is 1. The predicted octanol–water partition coefficient (Wildman–Crippen LogP) is 1.69. The first kappa shape index (κ1) is 16.5. The van der Waals surface area contributed by atoms with Gasteiger partial charge < -0.3 is 19.9 Å². The van der Waals surface area contributed by atoms with Gasteiger partial charge in [0.25, 0.3) is 0 Å². The standard InChI is InChI=1S/C15H21F2N3O2/c1-2-19-6-8-20(9-7-19)15(21)18-5-10-22-14-4-3-12(16)11-13(14)17/h3-4,11H,2,5-10H2,1H3,(H,18,21). The highest BCUT2D eigenvalue weighted by atomic mass is 19.1. The minimum Gasteiger partial charge on any atom is -0.489 e. The summed E-state index contributed by atoms with van der Waals surface area (Å²) in [5.74, 6) is -1.42. The third-order valence-electron chi connectivity index (χ3n) is 3.64. The molecule has 0 radical (unpaired) electrons. The second-order valence-corrected chi connectivity index (χ2v) is 5.08. The summed E-state index contributed by atoms with van der Waals surface area (Å²) in [6, 6.07) is 2.99. The molecule has 1 aliphatic rings.